The molecule has 0 spiro atoms. The number of pyridine rings is 1. The number of rotatable bonds is 3. The van der Waals surface area contributed by atoms with Crippen LogP contribution in [0, 0.1) is 10.1 Å². The third-order valence-electron chi connectivity index (χ3n) is 1.47. The lowest BCUT2D eigenvalue weighted by Crippen LogP contribution is -2.72. The molecule has 13 heavy (non-hydrogen) atoms. The lowest BCUT2D eigenvalue weighted by Gasteiger charge is -1.91. The second-order valence-corrected chi connectivity index (χ2v) is 2.49. The maximum absolute atomic E-state index is 10.2. The van der Waals surface area contributed by atoms with Crippen molar-refractivity contribution in [2.24, 2.45) is 0 Å². The summed E-state index contributed by atoms with van der Waals surface area (Å²) in [6.45, 7) is 1.44. The molecule has 5 heteroatoms. The number of aromatic nitrogens is 1. The van der Waals surface area contributed by atoms with Crippen molar-refractivity contribution in [3.8, 4) is 0 Å². The highest BCUT2D eigenvalue weighted by molar-refractivity contribution is 5.15. The molecule has 0 amide bonds. The Labute approximate surface area is 75.3 Å². The van der Waals surface area contributed by atoms with Gasteiger partial charge in [-0.15, -0.1) is 0 Å². The largest absolute Gasteiger partial charge is 0.295 e. The van der Waals surface area contributed by atoms with Gasteiger partial charge >= 0.3 is 0 Å². The summed E-state index contributed by atoms with van der Waals surface area (Å²) >= 11 is 0. The molecule has 0 radical (unpaired) electrons. The van der Waals surface area contributed by atoms with Gasteiger partial charge in [0.1, 0.15) is 0 Å². The number of quaternary nitrogens is 1. The van der Waals surface area contributed by atoms with E-state index in [-0.39, 0.29) is 5.70 Å². The van der Waals surface area contributed by atoms with Crippen LogP contribution in [0.4, 0.5) is 5.82 Å². The zero-order chi connectivity index (χ0) is 9.68. The molecule has 0 bridgehead atoms. The summed E-state index contributed by atoms with van der Waals surface area (Å²) in [5.74, 6) is 0.712. The Hall–Kier alpha value is -1.75. The summed E-state index contributed by atoms with van der Waals surface area (Å²) in [5.41, 5.74) is 0.102. The molecular formula is C8H10N3O2+. The minimum Gasteiger partial charge on any atom is -0.266 e. The fourth-order valence-corrected chi connectivity index (χ4v) is 0.741. The Morgan fingerprint density at radius 1 is 1.69 bits per heavy atom. The van der Waals surface area contributed by atoms with Crippen molar-refractivity contribution in [3.63, 3.8) is 0 Å². The van der Waals surface area contributed by atoms with E-state index >= 15 is 0 Å². The van der Waals surface area contributed by atoms with Crippen LogP contribution in [0.2, 0.25) is 0 Å². The van der Waals surface area contributed by atoms with Gasteiger partial charge in [-0.2, -0.15) is 0 Å². The van der Waals surface area contributed by atoms with Gasteiger partial charge in [0.05, 0.1) is 4.92 Å². The van der Waals surface area contributed by atoms with Crippen LogP contribution < -0.4 is 5.32 Å². The average molecular weight is 180 g/mol. The van der Waals surface area contributed by atoms with Crippen molar-refractivity contribution < 1.29 is 10.2 Å². The van der Waals surface area contributed by atoms with Crippen LogP contribution in [0.1, 0.15) is 6.92 Å². The summed E-state index contributed by atoms with van der Waals surface area (Å²) in [6, 6.07) is 5.40. The van der Waals surface area contributed by atoms with Gasteiger partial charge in [0, 0.05) is 19.2 Å². The molecule has 0 saturated heterocycles. The van der Waals surface area contributed by atoms with E-state index in [2.05, 4.69) is 4.98 Å². The molecule has 1 aromatic heterocycles. The molecule has 0 aliphatic rings. The smallest absolute Gasteiger partial charge is 0.266 e. The minimum atomic E-state index is -0.431. The summed E-state index contributed by atoms with van der Waals surface area (Å²) in [7, 11) is 0. The third-order valence-corrected chi connectivity index (χ3v) is 1.47. The van der Waals surface area contributed by atoms with Crippen LogP contribution in [0.5, 0.6) is 0 Å². The van der Waals surface area contributed by atoms with E-state index in [1.54, 1.807) is 23.6 Å². The molecular weight excluding hydrogens is 170 g/mol. The summed E-state index contributed by atoms with van der Waals surface area (Å²) < 4.78 is 0. The van der Waals surface area contributed by atoms with Crippen LogP contribution >= 0.6 is 0 Å². The van der Waals surface area contributed by atoms with E-state index in [0.717, 1.165) is 0 Å². The highest BCUT2D eigenvalue weighted by Gasteiger charge is 2.03. The van der Waals surface area contributed by atoms with E-state index in [0.29, 0.717) is 5.82 Å². The van der Waals surface area contributed by atoms with Gasteiger partial charge in [0.25, 0.3) is 5.70 Å². The van der Waals surface area contributed by atoms with E-state index in [4.69, 9.17) is 0 Å². The fraction of sp³-hybridized carbons (Fsp3) is 0.125. The van der Waals surface area contributed by atoms with E-state index in [1.165, 1.54) is 13.1 Å². The molecule has 2 N–H and O–H groups in total. The fourth-order valence-electron chi connectivity index (χ4n) is 0.741. The lowest BCUT2D eigenvalue weighted by molar-refractivity contribution is -0.519. The Balaban J connectivity index is 2.62. The van der Waals surface area contributed by atoms with Crippen LogP contribution in [-0.2, 0) is 0 Å². The normalized spacial score (nSPS) is 11.3. The number of nitro groups is 1. The topological polar surface area (TPSA) is 72.6 Å². The molecule has 1 aromatic rings. The Morgan fingerprint density at radius 3 is 3.00 bits per heavy atom. The Kier molecular flexibility index (Phi) is 3.10. The summed E-state index contributed by atoms with van der Waals surface area (Å²) in [4.78, 5) is 13.8. The molecule has 0 saturated carbocycles. The van der Waals surface area contributed by atoms with Crippen molar-refractivity contribution in [2.75, 3.05) is 0 Å². The molecule has 0 fully saturated rings. The Morgan fingerprint density at radius 2 is 2.46 bits per heavy atom. The zero-order valence-corrected chi connectivity index (χ0v) is 7.18. The van der Waals surface area contributed by atoms with Gasteiger partial charge in [-0.3, -0.25) is 15.4 Å². The van der Waals surface area contributed by atoms with Gasteiger partial charge in [-0.05, 0) is 6.07 Å². The predicted molar refractivity (Wildman–Crippen MR) is 46.6 cm³/mol. The second kappa shape index (κ2) is 4.32. The number of allylic oxidation sites excluding steroid dienone is 1. The standard InChI is InChI=1S/C8H9N3O2/c1-7(11(12)13)6-10-8-4-2-3-5-9-8/h2-6H,1H3,(H,9,10)/p+1/b7-6-. The lowest BCUT2D eigenvalue weighted by atomic mass is 10.4. The van der Waals surface area contributed by atoms with Gasteiger partial charge < -0.3 is 0 Å². The molecule has 0 unspecified atom stereocenters. The molecule has 0 aliphatic heterocycles. The van der Waals surface area contributed by atoms with E-state index < -0.39 is 4.92 Å². The van der Waals surface area contributed by atoms with Gasteiger partial charge in [-0.1, -0.05) is 6.07 Å². The van der Waals surface area contributed by atoms with Crippen molar-refractivity contribution in [1.29, 1.82) is 0 Å². The van der Waals surface area contributed by atoms with E-state index in [1.807, 2.05) is 6.07 Å². The quantitative estimate of drug-likeness (QED) is 0.541. The number of hydrogen-bond acceptors (Lipinski definition) is 3. The highest BCUT2D eigenvalue weighted by atomic mass is 16.6. The minimum absolute atomic E-state index is 0.102. The molecule has 0 aromatic carbocycles. The van der Waals surface area contributed by atoms with Crippen molar-refractivity contribution in [1.82, 2.24) is 4.98 Å². The molecule has 5 nitrogen and oxygen atoms in total. The number of nitrogens with two attached hydrogens (primary N) is 1. The number of nitrogens with zero attached hydrogens (tertiary/aromatic N) is 2. The maximum Gasteiger partial charge on any atom is 0.295 e. The van der Waals surface area contributed by atoms with Crippen LogP contribution in [-0.4, -0.2) is 9.91 Å². The molecule has 0 atom stereocenters. The third kappa shape index (κ3) is 3.00. The SMILES string of the molecule is C/C(=C/[NH2+]c1ccccn1)[N+](=O)[O-]. The highest BCUT2D eigenvalue weighted by Crippen LogP contribution is 1.91. The van der Waals surface area contributed by atoms with Crippen molar-refractivity contribution >= 4 is 5.82 Å². The average Bonchev–Trinajstić information content (AvgIpc) is 2.15. The predicted octanol–water partition coefficient (Wildman–Crippen LogP) is 0.415. The second-order valence-electron chi connectivity index (χ2n) is 2.49. The van der Waals surface area contributed by atoms with Gasteiger partial charge in [-0.25, -0.2) is 4.98 Å². The Bertz CT molecular complexity index is 321. The summed E-state index contributed by atoms with van der Waals surface area (Å²) in [5, 5.41) is 11.8. The van der Waals surface area contributed by atoms with Gasteiger partial charge in [0.2, 0.25) is 5.82 Å². The molecule has 0 aliphatic carbocycles. The summed E-state index contributed by atoms with van der Waals surface area (Å²) in [6.07, 6.45) is 3.07. The van der Waals surface area contributed by atoms with Crippen LogP contribution in [0.3, 0.4) is 0 Å². The van der Waals surface area contributed by atoms with Crippen LogP contribution in [0.25, 0.3) is 0 Å². The monoisotopic (exact) mass is 180 g/mol. The van der Waals surface area contributed by atoms with E-state index in [9.17, 15) is 10.1 Å². The van der Waals surface area contributed by atoms with Crippen molar-refractivity contribution in [3.05, 3.63) is 46.4 Å². The first-order valence-corrected chi connectivity index (χ1v) is 3.77. The first-order valence-electron chi connectivity index (χ1n) is 3.77. The molecule has 1 rings (SSSR count). The molecule has 68 valence electrons. The van der Waals surface area contributed by atoms with Crippen molar-refractivity contribution in [2.45, 2.75) is 6.92 Å². The maximum atomic E-state index is 10.2. The zero-order valence-electron chi connectivity index (χ0n) is 7.18. The molecule has 1 heterocycles. The number of hydrogen-bond donors (Lipinski definition) is 1. The first kappa shape index (κ1) is 9.34. The van der Waals surface area contributed by atoms with Gasteiger partial charge in [0.15, 0.2) is 6.20 Å². The first-order chi connectivity index (χ1) is 6.20. The van der Waals surface area contributed by atoms with Crippen LogP contribution in [0.15, 0.2) is 36.3 Å².